The van der Waals surface area contributed by atoms with E-state index in [4.69, 9.17) is 9.15 Å². The molecule has 0 radical (unpaired) electrons. The van der Waals surface area contributed by atoms with Crippen LogP contribution in [0.1, 0.15) is 35.8 Å². The second-order valence-corrected chi connectivity index (χ2v) is 5.48. The van der Waals surface area contributed by atoms with Crippen molar-refractivity contribution in [3.05, 3.63) is 51.8 Å². The molecule has 3 rings (SSSR count). The van der Waals surface area contributed by atoms with Gasteiger partial charge in [0.15, 0.2) is 0 Å². The number of rotatable bonds is 4. The third kappa shape index (κ3) is 2.84. The van der Waals surface area contributed by atoms with Crippen molar-refractivity contribution in [3.63, 3.8) is 0 Å². The molecule has 0 aliphatic heterocycles. The maximum Gasteiger partial charge on any atom is 0.340 e. The largest absolute Gasteiger partial charge is 0.481 e. The van der Waals surface area contributed by atoms with Gasteiger partial charge in [-0.15, -0.1) is 0 Å². The number of carbonyl (C=O) groups is 2. The van der Waals surface area contributed by atoms with Gasteiger partial charge in [-0.3, -0.25) is 9.59 Å². The second kappa shape index (κ2) is 6.35. The molecule has 0 saturated carbocycles. The standard InChI is InChI=1S/C18H15NO6/c1-3-24-18(23)11-8-12-15(20)10-6-4-5-7-13(10)25-16(12)19-14(11)9(2)17(21)22/h4-9H,3H2,1-2H3,(H,21,22). The first-order valence-electron chi connectivity index (χ1n) is 7.70. The van der Waals surface area contributed by atoms with E-state index in [0.29, 0.717) is 11.0 Å². The minimum atomic E-state index is -1.15. The van der Waals surface area contributed by atoms with Crippen LogP contribution in [0.3, 0.4) is 0 Å². The number of aliphatic carboxylic acids is 1. The van der Waals surface area contributed by atoms with Crippen LogP contribution in [0.4, 0.5) is 0 Å². The summed E-state index contributed by atoms with van der Waals surface area (Å²) in [6, 6.07) is 7.94. The first-order chi connectivity index (χ1) is 11.9. The minimum absolute atomic E-state index is 0.00289. The number of aromatic nitrogens is 1. The molecule has 7 heteroatoms. The van der Waals surface area contributed by atoms with Crippen molar-refractivity contribution in [2.75, 3.05) is 6.61 Å². The molecule has 1 N–H and O–H groups in total. The van der Waals surface area contributed by atoms with Crippen LogP contribution in [0.25, 0.3) is 22.1 Å². The van der Waals surface area contributed by atoms with Gasteiger partial charge in [0.25, 0.3) is 0 Å². The number of hydrogen-bond acceptors (Lipinski definition) is 6. The van der Waals surface area contributed by atoms with Gasteiger partial charge in [-0.1, -0.05) is 12.1 Å². The smallest absolute Gasteiger partial charge is 0.340 e. The molecule has 0 saturated heterocycles. The number of nitrogens with zero attached hydrogens (tertiary/aromatic N) is 1. The number of fused-ring (bicyclic) bond motifs is 2. The molecule has 1 aromatic carbocycles. The maximum absolute atomic E-state index is 12.7. The summed E-state index contributed by atoms with van der Waals surface area (Å²) in [4.78, 5) is 40.4. The fraction of sp³-hybridized carbons (Fsp3) is 0.222. The van der Waals surface area contributed by atoms with Crippen molar-refractivity contribution in [1.29, 1.82) is 0 Å². The molecular weight excluding hydrogens is 326 g/mol. The molecule has 0 aliphatic rings. The summed E-state index contributed by atoms with van der Waals surface area (Å²) in [5.74, 6) is -2.95. The number of hydrogen-bond donors (Lipinski definition) is 1. The number of benzene rings is 1. The average molecular weight is 341 g/mol. The minimum Gasteiger partial charge on any atom is -0.481 e. The Kier molecular flexibility index (Phi) is 4.22. The van der Waals surface area contributed by atoms with Gasteiger partial charge in [-0.25, -0.2) is 9.78 Å². The van der Waals surface area contributed by atoms with E-state index in [1.54, 1.807) is 31.2 Å². The van der Waals surface area contributed by atoms with Gasteiger partial charge in [0, 0.05) is 0 Å². The lowest BCUT2D eigenvalue weighted by atomic mass is 10.0. The molecule has 2 heterocycles. The Morgan fingerprint density at radius 3 is 2.68 bits per heavy atom. The Bertz CT molecular complexity index is 1050. The third-order valence-corrected chi connectivity index (χ3v) is 3.88. The van der Waals surface area contributed by atoms with E-state index in [9.17, 15) is 19.5 Å². The number of carbonyl (C=O) groups excluding carboxylic acids is 1. The van der Waals surface area contributed by atoms with Crippen molar-refractivity contribution in [2.45, 2.75) is 19.8 Å². The highest BCUT2D eigenvalue weighted by Crippen LogP contribution is 2.25. The van der Waals surface area contributed by atoms with Gasteiger partial charge in [-0.05, 0) is 32.0 Å². The Morgan fingerprint density at radius 2 is 2.00 bits per heavy atom. The van der Waals surface area contributed by atoms with Crippen LogP contribution in [0.15, 0.2) is 39.5 Å². The van der Waals surface area contributed by atoms with Crippen LogP contribution >= 0.6 is 0 Å². The number of para-hydroxylation sites is 1. The fourth-order valence-electron chi connectivity index (χ4n) is 2.56. The van der Waals surface area contributed by atoms with E-state index in [0.717, 1.165) is 0 Å². The van der Waals surface area contributed by atoms with Crippen LogP contribution in [0.2, 0.25) is 0 Å². The van der Waals surface area contributed by atoms with E-state index >= 15 is 0 Å². The van der Waals surface area contributed by atoms with Crippen LogP contribution in [0.5, 0.6) is 0 Å². The van der Waals surface area contributed by atoms with Gasteiger partial charge in [0.1, 0.15) is 5.58 Å². The maximum atomic E-state index is 12.7. The van der Waals surface area contributed by atoms with E-state index in [1.807, 2.05) is 0 Å². The number of carboxylic acids is 1. The summed E-state index contributed by atoms with van der Waals surface area (Å²) in [6.07, 6.45) is 0. The fourth-order valence-corrected chi connectivity index (χ4v) is 2.56. The number of carboxylic acid groups (broad SMARTS) is 1. The average Bonchev–Trinajstić information content (AvgIpc) is 2.60. The molecule has 0 amide bonds. The van der Waals surface area contributed by atoms with Crippen LogP contribution in [-0.2, 0) is 9.53 Å². The molecule has 1 atom stereocenters. The summed E-state index contributed by atoms with van der Waals surface area (Å²) >= 11 is 0. The molecule has 2 aromatic heterocycles. The summed E-state index contributed by atoms with van der Waals surface area (Å²) in [5, 5.41) is 9.74. The number of esters is 1. The van der Waals surface area contributed by atoms with Gasteiger partial charge in [-0.2, -0.15) is 0 Å². The quantitative estimate of drug-likeness (QED) is 0.574. The lowest BCUT2D eigenvalue weighted by Crippen LogP contribution is -2.18. The van der Waals surface area contributed by atoms with Crippen LogP contribution < -0.4 is 5.43 Å². The van der Waals surface area contributed by atoms with Gasteiger partial charge < -0.3 is 14.3 Å². The van der Waals surface area contributed by atoms with Gasteiger partial charge in [0.2, 0.25) is 11.1 Å². The molecule has 0 fully saturated rings. The van der Waals surface area contributed by atoms with Gasteiger partial charge in [0.05, 0.1) is 34.6 Å². The highest BCUT2D eigenvalue weighted by Gasteiger charge is 2.26. The monoisotopic (exact) mass is 341 g/mol. The first-order valence-corrected chi connectivity index (χ1v) is 7.70. The molecule has 0 bridgehead atoms. The van der Waals surface area contributed by atoms with E-state index in [-0.39, 0.29) is 34.4 Å². The number of ether oxygens (including phenoxy) is 1. The molecule has 128 valence electrons. The second-order valence-electron chi connectivity index (χ2n) is 5.48. The Hall–Kier alpha value is -3.22. The Labute approximate surface area is 141 Å². The molecule has 0 spiro atoms. The lowest BCUT2D eigenvalue weighted by molar-refractivity contribution is -0.138. The van der Waals surface area contributed by atoms with Gasteiger partial charge >= 0.3 is 11.9 Å². The molecule has 3 aromatic rings. The molecular formula is C18H15NO6. The third-order valence-electron chi connectivity index (χ3n) is 3.88. The highest BCUT2D eigenvalue weighted by molar-refractivity contribution is 5.97. The van der Waals surface area contributed by atoms with E-state index < -0.39 is 17.9 Å². The SMILES string of the molecule is CCOC(=O)c1cc2c(=O)c3ccccc3oc2nc1C(C)C(=O)O. The Balaban J connectivity index is 2.38. The normalized spacial score (nSPS) is 12.2. The predicted molar refractivity (Wildman–Crippen MR) is 89.8 cm³/mol. The number of pyridine rings is 1. The summed E-state index contributed by atoms with van der Waals surface area (Å²) in [6.45, 7) is 3.15. The summed E-state index contributed by atoms with van der Waals surface area (Å²) < 4.78 is 10.6. The molecule has 0 aliphatic carbocycles. The molecule has 7 nitrogen and oxygen atoms in total. The summed E-state index contributed by atoms with van der Waals surface area (Å²) in [7, 11) is 0. The molecule has 1 unspecified atom stereocenters. The zero-order valence-corrected chi connectivity index (χ0v) is 13.6. The lowest BCUT2D eigenvalue weighted by Gasteiger charge is -2.12. The van der Waals surface area contributed by atoms with Crippen molar-refractivity contribution in [1.82, 2.24) is 4.98 Å². The molecule has 25 heavy (non-hydrogen) atoms. The first kappa shape index (κ1) is 16.6. The van der Waals surface area contributed by atoms with Crippen LogP contribution in [0, 0.1) is 0 Å². The highest BCUT2D eigenvalue weighted by atomic mass is 16.5. The summed E-state index contributed by atoms with van der Waals surface area (Å²) in [5.41, 5.74) is -0.0710. The van der Waals surface area contributed by atoms with Crippen molar-refractivity contribution < 1.29 is 23.8 Å². The van der Waals surface area contributed by atoms with E-state index in [1.165, 1.54) is 13.0 Å². The topological polar surface area (TPSA) is 107 Å². The van der Waals surface area contributed by atoms with Crippen molar-refractivity contribution in [3.8, 4) is 0 Å². The van der Waals surface area contributed by atoms with Crippen LogP contribution in [-0.4, -0.2) is 28.6 Å². The Morgan fingerprint density at radius 1 is 1.28 bits per heavy atom. The predicted octanol–water partition coefficient (Wildman–Crippen LogP) is 2.71. The van der Waals surface area contributed by atoms with Crippen molar-refractivity contribution >= 4 is 34.0 Å². The van der Waals surface area contributed by atoms with Crippen molar-refractivity contribution in [2.24, 2.45) is 0 Å². The zero-order chi connectivity index (χ0) is 18.1. The van der Waals surface area contributed by atoms with E-state index in [2.05, 4.69) is 4.98 Å². The zero-order valence-electron chi connectivity index (χ0n) is 13.6.